The first-order chi connectivity index (χ1) is 13.0. The molecule has 0 unspecified atom stereocenters. The van der Waals surface area contributed by atoms with Crippen molar-refractivity contribution in [2.45, 2.75) is 17.3 Å². The van der Waals surface area contributed by atoms with E-state index in [1.807, 2.05) is 30.3 Å². The highest BCUT2D eigenvalue weighted by molar-refractivity contribution is 8.00. The Kier molecular flexibility index (Phi) is 5.41. The molecule has 0 aliphatic heterocycles. The van der Waals surface area contributed by atoms with Crippen LogP contribution in [-0.4, -0.2) is 36.3 Å². The number of para-hydroxylation sites is 1. The molecule has 1 heterocycles. The molecule has 3 rings (SSSR count). The Balaban J connectivity index is 1.72. The molecule has 0 saturated carbocycles. The van der Waals surface area contributed by atoms with Crippen LogP contribution in [0.5, 0.6) is 0 Å². The molecule has 1 atom stereocenters. The van der Waals surface area contributed by atoms with Crippen LogP contribution in [0.1, 0.15) is 6.92 Å². The summed E-state index contributed by atoms with van der Waals surface area (Å²) in [4.78, 5) is 22.3. The summed E-state index contributed by atoms with van der Waals surface area (Å²) in [7, 11) is 0. The lowest BCUT2D eigenvalue weighted by Gasteiger charge is -2.11. The fraction of sp³-hybridized carbons (Fsp3) is 0.125. The molecule has 1 N–H and O–H groups in total. The fourth-order valence-corrected chi connectivity index (χ4v) is 2.98. The molecule has 1 amide bonds. The van der Waals surface area contributed by atoms with Gasteiger partial charge < -0.3 is 5.32 Å². The summed E-state index contributed by atoms with van der Waals surface area (Å²) in [6.45, 7) is 1.64. The molecule has 0 saturated heterocycles. The van der Waals surface area contributed by atoms with E-state index < -0.39 is 27.6 Å². The number of amides is 1. The van der Waals surface area contributed by atoms with Crippen LogP contribution in [-0.2, 0) is 4.79 Å². The molecule has 27 heavy (non-hydrogen) atoms. The quantitative estimate of drug-likeness (QED) is 0.392. The Morgan fingerprint density at radius 1 is 1.30 bits per heavy atom. The van der Waals surface area contributed by atoms with Crippen molar-refractivity contribution in [3.05, 3.63) is 64.5 Å². The van der Waals surface area contributed by atoms with Crippen molar-refractivity contribution in [3.63, 3.8) is 0 Å². The van der Waals surface area contributed by atoms with Gasteiger partial charge in [0.05, 0.1) is 15.9 Å². The number of thioether (sulfide) groups is 1. The Bertz CT molecular complexity index is 981. The first kappa shape index (κ1) is 18.5. The molecule has 138 valence electrons. The van der Waals surface area contributed by atoms with Crippen molar-refractivity contribution in [1.82, 2.24) is 20.2 Å². The van der Waals surface area contributed by atoms with Crippen molar-refractivity contribution in [2.75, 3.05) is 5.32 Å². The van der Waals surface area contributed by atoms with Crippen LogP contribution in [0.4, 0.5) is 15.8 Å². The standard InChI is InChI=1S/C16H13FN6O3S/c1-10(15(24)18-11-7-8-13(17)14(9-11)23(25)26)27-16-19-20-21-22(16)12-5-3-2-4-6-12/h2-10H,1H3,(H,18,24)/t10-/m1/s1. The van der Waals surface area contributed by atoms with Crippen LogP contribution in [0.2, 0.25) is 0 Å². The number of anilines is 1. The van der Waals surface area contributed by atoms with Gasteiger partial charge in [0.25, 0.3) is 0 Å². The molecular weight excluding hydrogens is 375 g/mol. The average molecular weight is 388 g/mol. The van der Waals surface area contributed by atoms with Crippen LogP contribution < -0.4 is 5.32 Å². The molecule has 9 nitrogen and oxygen atoms in total. The molecule has 11 heteroatoms. The van der Waals surface area contributed by atoms with E-state index >= 15 is 0 Å². The lowest BCUT2D eigenvalue weighted by molar-refractivity contribution is -0.387. The summed E-state index contributed by atoms with van der Waals surface area (Å²) < 4.78 is 14.9. The van der Waals surface area contributed by atoms with Gasteiger partial charge in [-0.05, 0) is 41.6 Å². The largest absolute Gasteiger partial charge is 0.325 e. The maximum atomic E-state index is 13.4. The summed E-state index contributed by atoms with van der Waals surface area (Å²) in [5.74, 6) is -1.40. The van der Waals surface area contributed by atoms with Crippen molar-refractivity contribution < 1.29 is 14.1 Å². The number of rotatable bonds is 6. The van der Waals surface area contributed by atoms with E-state index in [0.29, 0.717) is 5.16 Å². The third kappa shape index (κ3) is 4.26. The number of carbonyl (C=O) groups excluding carboxylic acids is 1. The first-order valence-electron chi connectivity index (χ1n) is 7.71. The second kappa shape index (κ2) is 7.91. The van der Waals surface area contributed by atoms with Crippen molar-refractivity contribution >= 4 is 29.0 Å². The van der Waals surface area contributed by atoms with Crippen LogP contribution >= 0.6 is 11.8 Å². The predicted octanol–water partition coefficient (Wildman–Crippen LogP) is 2.83. The summed E-state index contributed by atoms with van der Waals surface area (Å²) in [5, 5.41) is 24.6. The number of aromatic nitrogens is 4. The Morgan fingerprint density at radius 3 is 2.74 bits per heavy atom. The zero-order valence-electron chi connectivity index (χ0n) is 13.9. The molecular formula is C16H13FN6O3S. The van der Waals surface area contributed by atoms with Gasteiger partial charge in [0, 0.05) is 11.8 Å². The van der Waals surface area contributed by atoms with Gasteiger partial charge in [0.1, 0.15) is 0 Å². The van der Waals surface area contributed by atoms with Gasteiger partial charge in [0.2, 0.25) is 16.9 Å². The second-order valence-electron chi connectivity index (χ2n) is 5.38. The van der Waals surface area contributed by atoms with E-state index in [-0.39, 0.29) is 5.69 Å². The maximum absolute atomic E-state index is 13.4. The zero-order valence-corrected chi connectivity index (χ0v) is 14.8. The summed E-state index contributed by atoms with van der Waals surface area (Å²) in [6.07, 6.45) is 0. The van der Waals surface area contributed by atoms with Gasteiger partial charge >= 0.3 is 5.69 Å². The molecule has 2 aromatic carbocycles. The number of nitrogens with zero attached hydrogens (tertiary/aromatic N) is 5. The molecule has 1 aromatic heterocycles. The van der Waals surface area contributed by atoms with Crippen LogP contribution in [0, 0.1) is 15.9 Å². The number of hydrogen-bond acceptors (Lipinski definition) is 7. The maximum Gasteiger partial charge on any atom is 0.306 e. The molecule has 0 fully saturated rings. The minimum atomic E-state index is -0.970. The SMILES string of the molecule is C[C@@H](Sc1nnnn1-c1ccccc1)C(=O)Nc1ccc(F)c([N+](=O)[O-])c1. The van der Waals surface area contributed by atoms with Crippen molar-refractivity contribution in [3.8, 4) is 5.69 Å². The molecule has 0 radical (unpaired) electrons. The fourth-order valence-electron chi connectivity index (χ4n) is 2.17. The molecule has 0 aliphatic carbocycles. The van der Waals surface area contributed by atoms with E-state index in [0.717, 1.165) is 29.6 Å². The average Bonchev–Trinajstić information content (AvgIpc) is 3.11. The summed E-state index contributed by atoms with van der Waals surface area (Å²) >= 11 is 1.12. The smallest absolute Gasteiger partial charge is 0.306 e. The van der Waals surface area contributed by atoms with Crippen molar-refractivity contribution in [2.24, 2.45) is 0 Å². The minimum Gasteiger partial charge on any atom is -0.325 e. The Morgan fingerprint density at radius 2 is 2.04 bits per heavy atom. The monoisotopic (exact) mass is 388 g/mol. The number of hydrogen-bond donors (Lipinski definition) is 1. The number of carbonyl (C=O) groups is 1. The number of tetrazole rings is 1. The number of nitrogens with one attached hydrogen (secondary N) is 1. The topological polar surface area (TPSA) is 116 Å². The van der Waals surface area contributed by atoms with Crippen LogP contribution in [0.25, 0.3) is 5.69 Å². The summed E-state index contributed by atoms with van der Waals surface area (Å²) in [6, 6.07) is 12.3. The van der Waals surface area contributed by atoms with Gasteiger partial charge in [-0.3, -0.25) is 14.9 Å². The number of benzene rings is 2. The van der Waals surface area contributed by atoms with Gasteiger partial charge in [-0.25, -0.2) is 0 Å². The number of halogens is 1. The van der Waals surface area contributed by atoms with Crippen LogP contribution in [0.15, 0.2) is 53.7 Å². The van der Waals surface area contributed by atoms with Gasteiger partial charge in [-0.15, -0.1) is 5.10 Å². The summed E-state index contributed by atoms with van der Waals surface area (Å²) in [5.41, 5.74) is 0.163. The third-order valence-electron chi connectivity index (χ3n) is 3.50. The van der Waals surface area contributed by atoms with Gasteiger partial charge in [-0.1, -0.05) is 30.0 Å². The molecule has 0 bridgehead atoms. The van der Waals surface area contributed by atoms with Gasteiger partial charge in [-0.2, -0.15) is 9.07 Å². The zero-order chi connectivity index (χ0) is 19.4. The Labute approximate surface area is 156 Å². The Hall–Kier alpha value is -3.34. The van der Waals surface area contributed by atoms with E-state index in [1.165, 1.54) is 10.7 Å². The van der Waals surface area contributed by atoms with E-state index in [2.05, 4.69) is 20.8 Å². The molecule has 0 aliphatic rings. The lowest BCUT2D eigenvalue weighted by atomic mass is 10.2. The van der Waals surface area contributed by atoms with Crippen molar-refractivity contribution in [1.29, 1.82) is 0 Å². The second-order valence-corrected chi connectivity index (χ2v) is 6.69. The van der Waals surface area contributed by atoms with Gasteiger partial charge in [0.15, 0.2) is 0 Å². The van der Waals surface area contributed by atoms with E-state index in [4.69, 9.17) is 0 Å². The highest BCUT2D eigenvalue weighted by Crippen LogP contribution is 2.25. The predicted molar refractivity (Wildman–Crippen MR) is 96.2 cm³/mol. The van der Waals surface area contributed by atoms with E-state index in [1.54, 1.807) is 6.92 Å². The molecule has 0 spiro atoms. The number of nitro benzene ring substituents is 1. The highest BCUT2D eigenvalue weighted by atomic mass is 32.2. The minimum absolute atomic E-state index is 0.128. The first-order valence-corrected chi connectivity index (χ1v) is 8.59. The third-order valence-corrected chi connectivity index (χ3v) is 4.54. The van der Waals surface area contributed by atoms with Crippen LogP contribution in [0.3, 0.4) is 0 Å². The normalized spacial score (nSPS) is 11.8. The van der Waals surface area contributed by atoms with E-state index in [9.17, 15) is 19.3 Å². The number of nitro groups is 1. The lowest BCUT2D eigenvalue weighted by Crippen LogP contribution is -2.23. The highest BCUT2D eigenvalue weighted by Gasteiger charge is 2.21. The molecule has 3 aromatic rings.